The van der Waals surface area contributed by atoms with E-state index in [9.17, 15) is 5.26 Å². The largest absolute Gasteiger partial charge is 0.500 e. The molecule has 106 valence electrons. The van der Waals surface area contributed by atoms with Gasteiger partial charge in [-0.25, -0.2) is 0 Å². The van der Waals surface area contributed by atoms with Crippen LogP contribution < -0.4 is 0 Å². The van der Waals surface area contributed by atoms with E-state index in [2.05, 4.69) is 30.3 Å². The molecule has 0 atom stereocenters. The van der Waals surface area contributed by atoms with Crippen LogP contribution in [0.3, 0.4) is 0 Å². The summed E-state index contributed by atoms with van der Waals surface area (Å²) in [5, 5.41) is 9.32. The number of methoxy groups -OCH3 is 1. The molecule has 2 heteroatoms. The van der Waals surface area contributed by atoms with Gasteiger partial charge in [0.2, 0.25) is 0 Å². The molecule has 0 N–H and O–H groups in total. The van der Waals surface area contributed by atoms with Crippen molar-refractivity contribution < 1.29 is 4.74 Å². The summed E-state index contributed by atoms with van der Waals surface area (Å²) in [5.74, 6) is 0.766. The first-order chi connectivity index (χ1) is 10.3. The number of nitriles is 1. The molecule has 0 radical (unpaired) electrons. The summed E-state index contributed by atoms with van der Waals surface area (Å²) in [7, 11) is 1.62. The fourth-order valence-electron chi connectivity index (χ4n) is 2.38. The summed E-state index contributed by atoms with van der Waals surface area (Å²) >= 11 is 0. The molecule has 2 aromatic carbocycles. The zero-order valence-corrected chi connectivity index (χ0v) is 12.5. The summed E-state index contributed by atoms with van der Waals surface area (Å²) in [5.41, 5.74) is 4.17. The highest BCUT2D eigenvalue weighted by molar-refractivity contribution is 5.64. The Hall–Kier alpha value is -2.53. The Bertz CT molecular complexity index is 659. The number of allylic oxidation sites excluding steroid dienone is 2. The molecule has 2 rings (SSSR count). The molecular weight excluding hydrogens is 258 g/mol. The van der Waals surface area contributed by atoms with Crippen molar-refractivity contribution in [3.63, 3.8) is 0 Å². The van der Waals surface area contributed by atoms with Gasteiger partial charge in [0.05, 0.1) is 18.8 Å². The van der Waals surface area contributed by atoms with Crippen LogP contribution in [0.25, 0.3) is 11.1 Å². The van der Waals surface area contributed by atoms with Crippen molar-refractivity contribution in [2.45, 2.75) is 19.8 Å². The number of nitrogens with zero attached hydrogens (tertiary/aromatic N) is 1. The molecule has 0 aromatic heterocycles. The van der Waals surface area contributed by atoms with Gasteiger partial charge < -0.3 is 4.74 Å². The Labute approximate surface area is 126 Å². The number of benzene rings is 2. The number of hydrogen-bond acceptors (Lipinski definition) is 2. The van der Waals surface area contributed by atoms with Crippen molar-refractivity contribution in [3.8, 4) is 17.2 Å². The van der Waals surface area contributed by atoms with Crippen LogP contribution in [0.1, 0.15) is 18.9 Å². The van der Waals surface area contributed by atoms with Gasteiger partial charge in [-0.05, 0) is 16.7 Å². The van der Waals surface area contributed by atoms with Crippen molar-refractivity contribution in [1.82, 2.24) is 0 Å². The third-order valence-electron chi connectivity index (χ3n) is 3.45. The first-order valence-corrected chi connectivity index (χ1v) is 7.09. The Morgan fingerprint density at radius 2 is 1.76 bits per heavy atom. The van der Waals surface area contributed by atoms with Crippen LogP contribution in [0.2, 0.25) is 0 Å². The second kappa shape index (κ2) is 7.31. The van der Waals surface area contributed by atoms with Gasteiger partial charge in [0.1, 0.15) is 5.76 Å². The van der Waals surface area contributed by atoms with Crippen LogP contribution in [0, 0.1) is 11.3 Å². The van der Waals surface area contributed by atoms with E-state index in [1.54, 1.807) is 7.11 Å². The zero-order chi connectivity index (χ0) is 15.1. The average Bonchev–Trinajstić information content (AvgIpc) is 2.56. The molecule has 0 saturated carbocycles. The summed E-state index contributed by atoms with van der Waals surface area (Å²) < 4.78 is 5.30. The van der Waals surface area contributed by atoms with E-state index in [1.165, 1.54) is 11.1 Å². The van der Waals surface area contributed by atoms with Gasteiger partial charge in [0, 0.05) is 12.8 Å². The molecule has 21 heavy (non-hydrogen) atoms. The van der Waals surface area contributed by atoms with Gasteiger partial charge in [-0.3, -0.25) is 0 Å². The lowest BCUT2D eigenvalue weighted by Crippen LogP contribution is -1.96. The van der Waals surface area contributed by atoms with E-state index in [4.69, 9.17) is 4.74 Å². The smallest absolute Gasteiger partial charge is 0.109 e. The Balaban J connectivity index is 2.31. The quantitative estimate of drug-likeness (QED) is 0.584. The first-order valence-electron chi connectivity index (χ1n) is 7.09. The van der Waals surface area contributed by atoms with E-state index in [0.717, 1.165) is 17.7 Å². The molecule has 0 spiro atoms. The molecule has 0 unspecified atom stereocenters. The molecule has 0 fully saturated rings. The topological polar surface area (TPSA) is 33.0 Å². The highest BCUT2D eigenvalue weighted by Gasteiger charge is 2.07. The van der Waals surface area contributed by atoms with Gasteiger partial charge in [-0.15, -0.1) is 0 Å². The van der Waals surface area contributed by atoms with Gasteiger partial charge in [-0.1, -0.05) is 61.5 Å². The minimum Gasteiger partial charge on any atom is -0.500 e. The van der Waals surface area contributed by atoms with Crippen LogP contribution in [-0.4, -0.2) is 7.11 Å². The lowest BCUT2D eigenvalue weighted by Gasteiger charge is -2.09. The minimum absolute atomic E-state index is 0.605. The van der Waals surface area contributed by atoms with E-state index >= 15 is 0 Å². The minimum atomic E-state index is 0.605. The molecule has 2 aromatic rings. The summed E-state index contributed by atoms with van der Waals surface area (Å²) in [6.07, 6.45) is 1.34. The van der Waals surface area contributed by atoms with Crippen molar-refractivity contribution in [1.29, 1.82) is 5.26 Å². The van der Waals surface area contributed by atoms with Crippen LogP contribution in [0.5, 0.6) is 0 Å². The molecule has 0 aliphatic rings. The monoisotopic (exact) mass is 277 g/mol. The van der Waals surface area contributed by atoms with Crippen molar-refractivity contribution in [2.24, 2.45) is 0 Å². The lowest BCUT2D eigenvalue weighted by atomic mass is 9.99. The van der Waals surface area contributed by atoms with Crippen LogP contribution in [0.4, 0.5) is 0 Å². The molecule has 0 amide bonds. The van der Waals surface area contributed by atoms with E-state index < -0.39 is 0 Å². The van der Waals surface area contributed by atoms with Crippen LogP contribution >= 0.6 is 0 Å². The summed E-state index contributed by atoms with van der Waals surface area (Å²) in [4.78, 5) is 0. The highest BCUT2D eigenvalue weighted by Crippen LogP contribution is 2.22. The maximum atomic E-state index is 9.32. The standard InChI is InChI=1S/C19H19NO/c1-3-19(21-2)18(14-20)13-15-8-7-11-17(12-15)16-9-5-4-6-10-16/h4-12H,3,13H2,1-2H3. The SMILES string of the molecule is CCC(OC)=C(C#N)Cc1cccc(-c2ccccc2)c1. The molecular formula is C19H19NO. The predicted molar refractivity (Wildman–Crippen MR) is 85.5 cm³/mol. The summed E-state index contributed by atoms with van der Waals surface area (Å²) in [6, 6.07) is 20.8. The molecule has 2 nitrogen and oxygen atoms in total. The van der Waals surface area contributed by atoms with Gasteiger partial charge in [-0.2, -0.15) is 5.26 Å². The predicted octanol–water partition coefficient (Wildman–Crippen LogP) is 4.73. The van der Waals surface area contributed by atoms with E-state index in [1.807, 2.05) is 37.3 Å². The Morgan fingerprint density at radius 1 is 1.05 bits per heavy atom. The van der Waals surface area contributed by atoms with Crippen LogP contribution in [0.15, 0.2) is 65.9 Å². The van der Waals surface area contributed by atoms with Crippen molar-refractivity contribution >= 4 is 0 Å². The summed E-state index contributed by atoms with van der Waals surface area (Å²) in [6.45, 7) is 2.00. The average molecular weight is 277 g/mol. The maximum absolute atomic E-state index is 9.32. The third kappa shape index (κ3) is 3.73. The normalized spacial score (nSPS) is 11.5. The molecule has 0 heterocycles. The van der Waals surface area contributed by atoms with Crippen LogP contribution in [-0.2, 0) is 11.2 Å². The second-order valence-corrected chi connectivity index (χ2v) is 4.81. The Kier molecular flexibility index (Phi) is 5.17. The zero-order valence-electron chi connectivity index (χ0n) is 12.5. The number of hydrogen-bond donors (Lipinski definition) is 0. The fraction of sp³-hybridized carbons (Fsp3) is 0.211. The van der Waals surface area contributed by atoms with Gasteiger partial charge in [0.25, 0.3) is 0 Å². The van der Waals surface area contributed by atoms with E-state index in [0.29, 0.717) is 12.0 Å². The fourth-order valence-corrected chi connectivity index (χ4v) is 2.38. The maximum Gasteiger partial charge on any atom is 0.109 e. The van der Waals surface area contributed by atoms with Gasteiger partial charge in [0.15, 0.2) is 0 Å². The second-order valence-electron chi connectivity index (χ2n) is 4.81. The van der Waals surface area contributed by atoms with Crippen molar-refractivity contribution in [2.75, 3.05) is 7.11 Å². The highest BCUT2D eigenvalue weighted by atomic mass is 16.5. The molecule has 0 aliphatic heterocycles. The number of rotatable bonds is 5. The van der Waals surface area contributed by atoms with E-state index in [-0.39, 0.29) is 0 Å². The molecule has 0 saturated heterocycles. The third-order valence-corrected chi connectivity index (χ3v) is 3.45. The molecule has 0 bridgehead atoms. The Morgan fingerprint density at radius 3 is 2.38 bits per heavy atom. The molecule has 0 aliphatic carbocycles. The number of ether oxygens (including phenoxy) is 1. The lowest BCUT2D eigenvalue weighted by molar-refractivity contribution is 0.276. The first kappa shape index (κ1) is 14.9. The van der Waals surface area contributed by atoms with Crippen molar-refractivity contribution in [3.05, 3.63) is 71.5 Å². The van der Waals surface area contributed by atoms with Gasteiger partial charge >= 0.3 is 0 Å².